The maximum atomic E-state index is 11.9. The van der Waals surface area contributed by atoms with E-state index in [9.17, 15) is 8.42 Å². The Kier molecular flexibility index (Phi) is 4.99. The molecule has 0 aliphatic heterocycles. The van der Waals surface area contributed by atoms with Gasteiger partial charge in [0, 0.05) is 11.6 Å². The van der Waals surface area contributed by atoms with Gasteiger partial charge in [-0.3, -0.25) is 0 Å². The third-order valence-electron chi connectivity index (χ3n) is 2.10. The number of nitrogen functional groups attached to an aromatic ring is 1. The molecule has 0 aromatic heterocycles. The van der Waals surface area contributed by atoms with Crippen LogP contribution in [-0.4, -0.2) is 15.0 Å². The molecule has 1 aromatic carbocycles. The van der Waals surface area contributed by atoms with Crippen molar-refractivity contribution in [1.82, 2.24) is 4.72 Å². The molecule has 0 heterocycles. The van der Waals surface area contributed by atoms with Gasteiger partial charge in [0.15, 0.2) is 0 Å². The van der Waals surface area contributed by atoms with Gasteiger partial charge in [-0.15, -0.1) is 0 Å². The zero-order chi connectivity index (χ0) is 12.9. The van der Waals surface area contributed by atoms with E-state index in [0.29, 0.717) is 18.0 Å². The zero-order valence-corrected chi connectivity index (χ0v) is 11.1. The fourth-order valence-electron chi connectivity index (χ4n) is 1.26. The average Bonchev–Trinajstić information content (AvgIpc) is 2.28. The van der Waals surface area contributed by atoms with Gasteiger partial charge < -0.3 is 5.73 Å². The van der Waals surface area contributed by atoms with E-state index >= 15 is 0 Å². The summed E-state index contributed by atoms with van der Waals surface area (Å²) in [5.74, 6) is 0. The van der Waals surface area contributed by atoms with Crippen molar-refractivity contribution in [3.8, 4) is 0 Å². The molecular weight excluding hydrogens is 260 g/mol. The first kappa shape index (κ1) is 14.0. The van der Waals surface area contributed by atoms with Crippen molar-refractivity contribution >= 4 is 27.3 Å². The van der Waals surface area contributed by atoms with E-state index in [2.05, 4.69) is 4.72 Å². The molecule has 0 fully saturated rings. The van der Waals surface area contributed by atoms with Crippen molar-refractivity contribution in [2.24, 2.45) is 0 Å². The monoisotopic (exact) mass is 274 g/mol. The summed E-state index contributed by atoms with van der Waals surface area (Å²) >= 11 is 5.75. The van der Waals surface area contributed by atoms with Crippen LogP contribution in [0.25, 0.3) is 0 Å². The van der Waals surface area contributed by atoms with Crippen LogP contribution in [0.1, 0.15) is 13.3 Å². The molecule has 0 amide bonds. The smallest absolute Gasteiger partial charge is 0.242 e. The van der Waals surface area contributed by atoms with Crippen LogP contribution in [0.4, 0.5) is 5.69 Å². The number of allylic oxidation sites excluding steroid dienone is 1. The second-order valence-corrected chi connectivity index (χ2v) is 5.61. The lowest BCUT2D eigenvalue weighted by atomic mass is 10.3. The van der Waals surface area contributed by atoms with E-state index in [1.54, 1.807) is 6.07 Å². The maximum absolute atomic E-state index is 11.9. The van der Waals surface area contributed by atoms with Crippen molar-refractivity contribution in [2.45, 2.75) is 18.2 Å². The van der Waals surface area contributed by atoms with Gasteiger partial charge in [-0.2, -0.15) is 0 Å². The summed E-state index contributed by atoms with van der Waals surface area (Å²) in [4.78, 5) is 0.0190. The molecule has 94 valence electrons. The highest BCUT2D eigenvalue weighted by Crippen LogP contribution is 2.22. The molecule has 0 saturated carbocycles. The molecule has 0 aliphatic carbocycles. The quantitative estimate of drug-likeness (QED) is 0.491. The van der Waals surface area contributed by atoms with Crippen molar-refractivity contribution in [2.75, 3.05) is 12.3 Å². The molecule has 17 heavy (non-hydrogen) atoms. The molecule has 0 aliphatic rings. The van der Waals surface area contributed by atoms with Gasteiger partial charge in [-0.1, -0.05) is 23.8 Å². The minimum atomic E-state index is -3.59. The summed E-state index contributed by atoms with van der Waals surface area (Å²) in [6, 6.07) is 4.37. The number of sulfonamides is 1. The number of nitrogens with one attached hydrogen (secondary N) is 1. The summed E-state index contributed by atoms with van der Waals surface area (Å²) < 4.78 is 26.2. The van der Waals surface area contributed by atoms with Gasteiger partial charge >= 0.3 is 0 Å². The van der Waals surface area contributed by atoms with Crippen LogP contribution in [0.15, 0.2) is 35.2 Å². The second-order valence-electron chi connectivity index (χ2n) is 3.44. The highest BCUT2D eigenvalue weighted by Gasteiger charge is 2.16. The number of halogens is 1. The molecule has 1 aromatic rings. The SMILES string of the molecule is C/C=C/CCNS(=O)(=O)c1cc(Cl)ccc1N. The number of nitrogens with two attached hydrogens (primary N) is 1. The van der Waals surface area contributed by atoms with Gasteiger partial charge in [0.1, 0.15) is 4.90 Å². The molecule has 3 N–H and O–H groups in total. The molecule has 0 spiro atoms. The normalized spacial score (nSPS) is 12.1. The van der Waals surface area contributed by atoms with Crippen LogP contribution in [-0.2, 0) is 10.0 Å². The number of hydrogen-bond acceptors (Lipinski definition) is 3. The number of hydrogen-bond donors (Lipinski definition) is 2. The Labute approximate surface area is 107 Å². The highest BCUT2D eigenvalue weighted by atomic mass is 35.5. The Morgan fingerprint density at radius 2 is 2.18 bits per heavy atom. The molecule has 0 unspecified atom stereocenters. The summed E-state index contributed by atoms with van der Waals surface area (Å²) in [6.45, 7) is 2.21. The van der Waals surface area contributed by atoms with Crippen LogP contribution < -0.4 is 10.5 Å². The first-order chi connectivity index (χ1) is 7.97. The molecule has 4 nitrogen and oxygen atoms in total. The zero-order valence-electron chi connectivity index (χ0n) is 9.48. The minimum absolute atomic E-state index is 0.0190. The van der Waals surface area contributed by atoms with Crippen molar-refractivity contribution in [3.63, 3.8) is 0 Å². The Hall–Kier alpha value is -1.04. The third-order valence-corrected chi connectivity index (χ3v) is 3.86. The summed E-state index contributed by atoms with van der Waals surface area (Å²) in [5.41, 5.74) is 5.80. The lowest BCUT2D eigenvalue weighted by Gasteiger charge is -2.08. The van der Waals surface area contributed by atoms with Crippen molar-refractivity contribution in [1.29, 1.82) is 0 Å². The lowest BCUT2D eigenvalue weighted by molar-refractivity contribution is 0.582. The van der Waals surface area contributed by atoms with Crippen molar-refractivity contribution in [3.05, 3.63) is 35.4 Å². The summed E-state index contributed by atoms with van der Waals surface area (Å²) in [7, 11) is -3.59. The Bertz CT molecular complexity index is 512. The van der Waals surface area contributed by atoms with E-state index < -0.39 is 10.0 Å². The number of anilines is 1. The Balaban J connectivity index is 2.86. The van der Waals surface area contributed by atoms with E-state index in [1.807, 2.05) is 19.1 Å². The number of rotatable bonds is 5. The van der Waals surface area contributed by atoms with E-state index in [4.69, 9.17) is 17.3 Å². The average molecular weight is 275 g/mol. The first-order valence-corrected chi connectivity index (χ1v) is 6.99. The Morgan fingerprint density at radius 1 is 1.47 bits per heavy atom. The molecule has 0 atom stereocenters. The fourth-order valence-corrected chi connectivity index (χ4v) is 2.70. The van der Waals surface area contributed by atoms with Crippen LogP contribution >= 0.6 is 11.6 Å². The first-order valence-electron chi connectivity index (χ1n) is 5.13. The highest BCUT2D eigenvalue weighted by molar-refractivity contribution is 7.89. The summed E-state index contributed by atoms with van der Waals surface area (Å²) in [5, 5.41) is 0.341. The molecule has 0 saturated heterocycles. The number of benzene rings is 1. The molecule has 6 heteroatoms. The van der Waals surface area contributed by atoms with E-state index in [1.165, 1.54) is 12.1 Å². The van der Waals surface area contributed by atoms with Gasteiger partial charge in [-0.25, -0.2) is 13.1 Å². The third kappa shape index (κ3) is 4.03. The minimum Gasteiger partial charge on any atom is -0.398 e. The largest absolute Gasteiger partial charge is 0.398 e. The van der Waals surface area contributed by atoms with Crippen LogP contribution in [0.5, 0.6) is 0 Å². The second kappa shape index (κ2) is 6.05. The van der Waals surface area contributed by atoms with Crippen LogP contribution in [0, 0.1) is 0 Å². The topological polar surface area (TPSA) is 72.2 Å². The Morgan fingerprint density at radius 3 is 2.82 bits per heavy atom. The molecule has 1 rings (SSSR count). The molecule has 0 radical (unpaired) electrons. The van der Waals surface area contributed by atoms with Crippen LogP contribution in [0.2, 0.25) is 5.02 Å². The standard InChI is InChI=1S/C11H15ClN2O2S/c1-2-3-4-7-14-17(15,16)11-8-9(12)5-6-10(11)13/h2-3,5-6,8,14H,4,7,13H2,1H3/b3-2+. The van der Waals surface area contributed by atoms with Gasteiger partial charge in [0.2, 0.25) is 10.0 Å². The van der Waals surface area contributed by atoms with Gasteiger partial charge in [0.25, 0.3) is 0 Å². The van der Waals surface area contributed by atoms with Crippen molar-refractivity contribution < 1.29 is 8.42 Å². The predicted molar refractivity (Wildman–Crippen MR) is 70.5 cm³/mol. The molecule has 0 bridgehead atoms. The lowest BCUT2D eigenvalue weighted by Crippen LogP contribution is -2.25. The van der Waals surface area contributed by atoms with Gasteiger partial charge in [-0.05, 0) is 31.5 Å². The van der Waals surface area contributed by atoms with Crippen LogP contribution in [0.3, 0.4) is 0 Å². The summed E-state index contributed by atoms with van der Waals surface area (Å²) in [6.07, 6.45) is 4.38. The van der Waals surface area contributed by atoms with E-state index in [0.717, 1.165) is 0 Å². The maximum Gasteiger partial charge on any atom is 0.242 e. The molecular formula is C11H15ClN2O2S. The fraction of sp³-hybridized carbons (Fsp3) is 0.273. The predicted octanol–water partition coefficient (Wildman–Crippen LogP) is 2.17. The van der Waals surface area contributed by atoms with Gasteiger partial charge in [0.05, 0.1) is 5.69 Å². The van der Waals surface area contributed by atoms with E-state index in [-0.39, 0.29) is 10.6 Å².